The molecule has 53 heavy (non-hydrogen) atoms. The van der Waals surface area contributed by atoms with Crippen molar-refractivity contribution in [1.82, 2.24) is 40.4 Å². The molecule has 0 bridgehead atoms. The molecule has 0 atom stereocenters. The van der Waals surface area contributed by atoms with Gasteiger partial charge in [0.05, 0.1) is 83.3 Å². The van der Waals surface area contributed by atoms with Crippen molar-refractivity contribution in [2.75, 3.05) is 25.7 Å². The predicted molar refractivity (Wildman–Crippen MR) is 205 cm³/mol. The summed E-state index contributed by atoms with van der Waals surface area (Å²) in [6.07, 6.45) is 0. The van der Waals surface area contributed by atoms with E-state index in [1.807, 2.05) is 33.8 Å². The Balaban J connectivity index is 0.000000204. The van der Waals surface area contributed by atoms with Crippen LogP contribution in [0.25, 0.3) is 22.5 Å². The molecule has 2 aliphatic rings. The summed E-state index contributed by atoms with van der Waals surface area (Å²) >= 11 is 16.2. The minimum Gasteiger partial charge on any atom is -0.496 e. The van der Waals surface area contributed by atoms with Gasteiger partial charge in [0.15, 0.2) is 0 Å². The van der Waals surface area contributed by atoms with Gasteiger partial charge in [-0.25, -0.2) is 29.5 Å². The minimum atomic E-state index is -0.184. The largest absolute Gasteiger partial charge is 0.496 e. The van der Waals surface area contributed by atoms with Gasteiger partial charge in [-0.1, -0.05) is 23.2 Å². The molecule has 2 aromatic carbocycles. The van der Waals surface area contributed by atoms with Gasteiger partial charge in [0, 0.05) is 34.3 Å². The number of carbonyl (C=O) groups excluding carboxylic acids is 2. The number of amides is 4. The molecular formula is C35H38BrCl2N11O4. The van der Waals surface area contributed by atoms with Crippen molar-refractivity contribution >= 4 is 63.1 Å². The molecule has 0 unspecified atom stereocenters. The summed E-state index contributed by atoms with van der Waals surface area (Å²) in [5.41, 5.74) is 17.5. The molecule has 0 radical (unpaired) electrons. The molecular weight excluding hydrogens is 789 g/mol. The maximum absolute atomic E-state index is 12.4. The quantitative estimate of drug-likeness (QED) is 0.170. The normalized spacial score (nSPS) is 12.9. The topological polar surface area (TPSA) is 211 Å². The molecule has 0 aliphatic carbocycles. The first-order valence-electron chi connectivity index (χ1n) is 16.4. The van der Waals surface area contributed by atoms with Gasteiger partial charge in [0.1, 0.15) is 17.6 Å². The van der Waals surface area contributed by atoms with Crippen LogP contribution in [-0.4, -0.2) is 68.1 Å². The lowest BCUT2D eigenvalue weighted by Gasteiger charge is -2.18. The molecule has 4 aromatic rings. The summed E-state index contributed by atoms with van der Waals surface area (Å²) in [7, 11) is 3.05. The van der Waals surface area contributed by atoms with Gasteiger partial charge in [0.25, 0.3) is 0 Å². The third kappa shape index (κ3) is 8.59. The fourth-order valence-corrected chi connectivity index (χ4v) is 6.96. The van der Waals surface area contributed by atoms with Crippen LogP contribution in [0.3, 0.4) is 0 Å². The van der Waals surface area contributed by atoms with Gasteiger partial charge in [-0.05, 0) is 67.9 Å². The number of methoxy groups -OCH3 is 2. The number of nitrogens with two attached hydrogens (primary N) is 2. The number of aromatic nitrogens is 4. The van der Waals surface area contributed by atoms with E-state index in [4.69, 9.17) is 44.1 Å². The second-order valence-electron chi connectivity index (χ2n) is 12.7. The Morgan fingerprint density at radius 2 is 1.21 bits per heavy atom. The molecule has 2 aliphatic heterocycles. The SMILES string of the molecule is COc1cc(-c2nc(N)nc3c2CN(C(=O)NC(C)C)C3)c(Cl)cc1Br.COc1cc(-c2nc(N)nc3c2CN(C(=O)NC(C)C)C3)c(Cl)cc1C#N. The number of fused-ring (bicyclic) bond motifs is 2. The van der Waals surface area contributed by atoms with Crippen molar-refractivity contribution in [3.8, 4) is 40.1 Å². The van der Waals surface area contributed by atoms with Gasteiger partial charge in [-0.15, -0.1) is 0 Å². The minimum absolute atomic E-state index is 0.0223. The number of nitrogens with zero attached hydrogens (tertiary/aromatic N) is 7. The summed E-state index contributed by atoms with van der Waals surface area (Å²) in [6, 6.07) is 8.50. The highest BCUT2D eigenvalue weighted by atomic mass is 79.9. The number of nitriles is 1. The van der Waals surface area contributed by atoms with Gasteiger partial charge in [0.2, 0.25) is 11.9 Å². The standard InChI is InChI=1S/C18H19ClN6O2.C17H19BrClN5O2/c1-9(2)22-18(26)25-7-12-14(8-25)23-17(21)24-16(12)11-5-15(27-3)10(6-20)4-13(11)19;1-8(2)21-17(25)24-6-10-13(7-24)22-16(20)23-15(10)9-4-14(26-3)11(18)5-12(9)19/h4-5,9H,7-8H2,1-3H3,(H,22,26)(H2,21,23,24);4-5,8H,6-7H2,1-3H3,(H,21,25)(H2,20,22,23). The van der Waals surface area contributed by atoms with Crippen molar-refractivity contribution in [3.05, 3.63) is 66.9 Å². The van der Waals surface area contributed by atoms with E-state index in [0.29, 0.717) is 81.5 Å². The number of carbonyl (C=O) groups is 2. The highest BCUT2D eigenvalue weighted by molar-refractivity contribution is 9.10. The summed E-state index contributed by atoms with van der Waals surface area (Å²) in [4.78, 5) is 45.3. The number of nitrogens with one attached hydrogen (secondary N) is 2. The van der Waals surface area contributed by atoms with Crippen molar-refractivity contribution in [1.29, 1.82) is 5.26 Å². The van der Waals surface area contributed by atoms with E-state index in [-0.39, 0.29) is 36.0 Å². The van der Waals surface area contributed by atoms with Crippen LogP contribution in [0.4, 0.5) is 21.5 Å². The molecule has 2 aromatic heterocycles. The number of urea groups is 2. The van der Waals surface area contributed by atoms with Crippen molar-refractivity contribution in [2.45, 2.75) is 66.0 Å². The zero-order chi connectivity index (χ0) is 38.7. The number of nitrogen functional groups attached to an aromatic ring is 2. The molecule has 0 saturated carbocycles. The second-order valence-corrected chi connectivity index (χ2v) is 14.4. The Hall–Kier alpha value is -5.11. The third-order valence-corrected chi connectivity index (χ3v) is 9.40. The van der Waals surface area contributed by atoms with Gasteiger partial charge in [-0.2, -0.15) is 5.26 Å². The lowest BCUT2D eigenvalue weighted by Crippen LogP contribution is -2.40. The number of rotatable bonds is 6. The number of ether oxygens (including phenoxy) is 2. The Kier molecular flexibility index (Phi) is 12.0. The number of halogens is 3. The van der Waals surface area contributed by atoms with E-state index in [2.05, 4.69) is 46.5 Å². The Morgan fingerprint density at radius 1 is 0.774 bits per heavy atom. The molecule has 6 N–H and O–H groups in total. The molecule has 278 valence electrons. The van der Waals surface area contributed by atoms with Crippen molar-refractivity contribution in [2.24, 2.45) is 0 Å². The smallest absolute Gasteiger partial charge is 0.318 e. The fourth-order valence-electron chi connectivity index (χ4n) is 5.82. The first-order valence-corrected chi connectivity index (χ1v) is 17.9. The number of anilines is 2. The van der Waals surface area contributed by atoms with Crippen LogP contribution in [0.2, 0.25) is 10.0 Å². The van der Waals surface area contributed by atoms with E-state index in [9.17, 15) is 14.9 Å². The summed E-state index contributed by atoms with van der Waals surface area (Å²) < 4.78 is 11.4. The lowest BCUT2D eigenvalue weighted by atomic mass is 10.0. The first-order chi connectivity index (χ1) is 25.1. The Labute approximate surface area is 325 Å². The van der Waals surface area contributed by atoms with Crippen molar-refractivity contribution < 1.29 is 19.1 Å². The van der Waals surface area contributed by atoms with Crippen LogP contribution in [0, 0.1) is 11.3 Å². The molecule has 0 saturated heterocycles. The zero-order valence-electron chi connectivity index (χ0n) is 29.8. The maximum Gasteiger partial charge on any atom is 0.318 e. The van der Waals surface area contributed by atoms with Crippen LogP contribution in [0.5, 0.6) is 11.5 Å². The van der Waals surface area contributed by atoms with E-state index in [1.165, 1.54) is 13.2 Å². The number of benzene rings is 2. The summed E-state index contributed by atoms with van der Waals surface area (Å²) in [5, 5.41) is 15.8. The van der Waals surface area contributed by atoms with Crippen LogP contribution in [-0.2, 0) is 26.2 Å². The van der Waals surface area contributed by atoms with Crippen LogP contribution in [0.15, 0.2) is 28.7 Å². The van der Waals surface area contributed by atoms with E-state index >= 15 is 0 Å². The van der Waals surface area contributed by atoms with Gasteiger partial charge in [-0.3, -0.25) is 0 Å². The summed E-state index contributed by atoms with van der Waals surface area (Å²) in [6.45, 7) is 9.05. The van der Waals surface area contributed by atoms with Crippen LogP contribution < -0.4 is 31.6 Å². The maximum atomic E-state index is 12.4. The first kappa shape index (κ1) is 39.1. The Bertz CT molecular complexity index is 2130. The molecule has 0 fully saturated rings. The van der Waals surface area contributed by atoms with E-state index < -0.39 is 0 Å². The van der Waals surface area contributed by atoms with Crippen LogP contribution >= 0.6 is 39.1 Å². The summed E-state index contributed by atoms with van der Waals surface area (Å²) in [5.74, 6) is 1.25. The lowest BCUT2D eigenvalue weighted by molar-refractivity contribution is 0.195. The molecule has 4 heterocycles. The monoisotopic (exact) mass is 825 g/mol. The van der Waals surface area contributed by atoms with Crippen molar-refractivity contribution in [3.63, 3.8) is 0 Å². The average Bonchev–Trinajstić information content (AvgIpc) is 3.72. The predicted octanol–water partition coefficient (Wildman–Crippen LogP) is 6.28. The molecule has 0 spiro atoms. The molecule has 6 rings (SSSR count). The van der Waals surface area contributed by atoms with E-state index in [0.717, 1.165) is 21.3 Å². The van der Waals surface area contributed by atoms with Gasteiger partial charge >= 0.3 is 12.1 Å². The molecule has 18 heteroatoms. The van der Waals surface area contributed by atoms with Gasteiger partial charge < -0.3 is 41.4 Å². The number of hydrogen-bond acceptors (Lipinski definition) is 11. The average molecular weight is 828 g/mol. The highest BCUT2D eigenvalue weighted by Gasteiger charge is 2.31. The number of hydrogen-bond donors (Lipinski definition) is 4. The van der Waals surface area contributed by atoms with E-state index in [1.54, 1.807) is 35.1 Å². The molecule has 15 nitrogen and oxygen atoms in total. The van der Waals surface area contributed by atoms with Crippen LogP contribution in [0.1, 0.15) is 55.8 Å². The fraction of sp³-hybridized carbons (Fsp3) is 0.343. The third-order valence-electron chi connectivity index (χ3n) is 8.16. The Morgan fingerprint density at radius 3 is 1.62 bits per heavy atom. The zero-order valence-corrected chi connectivity index (χ0v) is 32.9. The molecule has 4 amide bonds. The highest BCUT2D eigenvalue weighted by Crippen LogP contribution is 2.40. The second kappa shape index (κ2) is 16.3.